The lowest BCUT2D eigenvalue weighted by molar-refractivity contribution is 0.0756. The molecule has 1 amide bonds. The standard InChI is InChI=1S/C11H16N4O2/c1-7(16)8-2-3-15(6-8)11(17)9-4-14-10(12)5-13-9/h4-5,7-8,16H,2-3,6H2,1H3,(H2,12,14). The Balaban J connectivity index is 2.04. The van der Waals surface area contributed by atoms with Crippen LogP contribution in [0.5, 0.6) is 0 Å². The predicted octanol–water partition coefficient (Wildman–Crippen LogP) is -0.0983. The van der Waals surface area contributed by atoms with E-state index in [1.807, 2.05) is 0 Å². The van der Waals surface area contributed by atoms with E-state index in [-0.39, 0.29) is 17.9 Å². The average molecular weight is 236 g/mol. The molecule has 0 bridgehead atoms. The summed E-state index contributed by atoms with van der Waals surface area (Å²) in [5.41, 5.74) is 5.71. The van der Waals surface area contributed by atoms with E-state index in [1.165, 1.54) is 12.4 Å². The summed E-state index contributed by atoms with van der Waals surface area (Å²) in [5.74, 6) is 0.297. The number of anilines is 1. The van der Waals surface area contributed by atoms with Crippen LogP contribution in [0.1, 0.15) is 23.8 Å². The number of aromatic nitrogens is 2. The number of nitrogen functional groups attached to an aromatic ring is 1. The fraction of sp³-hybridized carbons (Fsp3) is 0.545. The van der Waals surface area contributed by atoms with Crippen molar-refractivity contribution in [1.82, 2.24) is 14.9 Å². The maximum atomic E-state index is 12.0. The van der Waals surface area contributed by atoms with Crippen molar-refractivity contribution < 1.29 is 9.90 Å². The number of rotatable bonds is 2. The number of nitrogens with zero attached hydrogens (tertiary/aromatic N) is 3. The van der Waals surface area contributed by atoms with Crippen LogP contribution in [0, 0.1) is 5.92 Å². The van der Waals surface area contributed by atoms with Gasteiger partial charge in [-0.25, -0.2) is 9.97 Å². The number of aliphatic hydroxyl groups is 1. The quantitative estimate of drug-likeness (QED) is 0.748. The molecule has 2 rings (SSSR count). The smallest absolute Gasteiger partial charge is 0.274 e. The number of carbonyl (C=O) groups is 1. The van der Waals surface area contributed by atoms with E-state index in [2.05, 4.69) is 9.97 Å². The summed E-state index contributed by atoms with van der Waals surface area (Å²) >= 11 is 0. The maximum Gasteiger partial charge on any atom is 0.274 e. The highest BCUT2D eigenvalue weighted by Gasteiger charge is 2.30. The first-order chi connectivity index (χ1) is 8.08. The van der Waals surface area contributed by atoms with Gasteiger partial charge < -0.3 is 15.7 Å². The number of amides is 1. The van der Waals surface area contributed by atoms with E-state index in [1.54, 1.807) is 11.8 Å². The Morgan fingerprint density at radius 1 is 1.59 bits per heavy atom. The van der Waals surface area contributed by atoms with Gasteiger partial charge in [-0.1, -0.05) is 0 Å². The Labute approximate surface area is 99.5 Å². The molecule has 1 saturated heterocycles. The molecule has 0 spiro atoms. The first-order valence-electron chi connectivity index (χ1n) is 5.63. The Hall–Kier alpha value is -1.69. The molecule has 1 aromatic rings. The first kappa shape index (κ1) is 11.8. The minimum absolute atomic E-state index is 0.152. The van der Waals surface area contributed by atoms with Crippen molar-refractivity contribution in [2.24, 2.45) is 5.92 Å². The molecular formula is C11H16N4O2. The number of carbonyl (C=O) groups excluding carboxylic acids is 1. The van der Waals surface area contributed by atoms with Crippen molar-refractivity contribution in [3.63, 3.8) is 0 Å². The van der Waals surface area contributed by atoms with Gasteiger partial charge in [0, 0.05) is 19.0 Å². The Morgan fingerprint density at radius 2 is 2.35 bits per heavy atom. The van der Waals surface area contributed by atoms with Crippen molar-refractivity contribution in [2.75, 3.05) is 18.8 Å². The van der Waals surface area contributed by atoms with Gasteiger partial charge in [0.05, 0.1) is 18.5 Å². The van der Waals surface area contributed by atoms with Crippen LogP contribution in [0.15, 0.2) is 12.4 Å². The summed E-state index contributed by atoms with van der Waals surface area (Å²) in [6.07, 6.45) is 3.19. The fourth-order valence-corrected chi connectivity index (χ4v) is 1.98. The van der Waals surface area contributed by atoms with Gasteiger partial charge in [-0.05, 0) is 13.3 Å². The Morgan fingerprint density at radius 3 is 2.88 bits per heavy atom. The molecular weight excluding hydrogens is 220 g/mol. The van der Waals surface area contributed by atoms with E-state index >= 15 is 0 Å². The zero-order valence-corrected chi connectivity index (χ0v) is 9.71. The molecule has 2 atom stereocenters. The van der Waals surface area contributed by atoms with E-state index in [4.69, 9.17) is 5.73 Å². The van der Waals surface area contributed by atoms with Gasteiger partial charge >= 0.3 is 0 Å². The van der Waals surface area contributed by atoms with E-state index in [9.17, 15) is 9.90 Å². The highest BCUT2D eigenvalue weighted by molar-refractivity contribution is 5.92. The fourth-order valence-electron chi connectivity index (χ4n) is 1.98. The summed E-state index contributed by atoms with van der Waals surface area (Å²) in [5, 5.41) is 9.48. The molecule has 6 nitrogen and oxygen atoms in total. The Kier molecular flexibility index (Phi) is 3.23. The van der Waals surface area contributed by atoms with Gasteiger partial charge in [0.2, 0.25) is 0 Å². The molecule has 2 unspecified atom stereocenters. The third kappa shape index (κ3) is 2.52. The van der Waals surface area contributed by atoms with Crippen LogP contribution in [0.25, 0.3) is 0 Å². The summed E-state index contributed by atoms with van der Waals surface area (Å²) < 4.78 is 0. The van der Waals surface area contributed by atoms with Gasteiger partial charge in [0.1, 0.15) is 11.5 Å². The van der Waals surface area contributed by atoms with Crippen LogP contribution in [-0.4, -0.2) is 45.1 Å². The third-order valence-electron chi connectivity index (χ3n) is 3.09. The minimum Gasteiger partial charge on any atom is -0.393 e. The van der Waals surface area contributed by atoms with Crippen molar-refractivity contribution in [1.29, 1.82) is 0 Å². The van der Waals surface area contributed by atoms with E-state index < -0.39 is 0 Å². The predicted molar refractivity (Wildman–Crippen MR) is 62.1 cm³/mol. The highest BCUT2D eigenvalue weighted by atomic mass is 16.3. The van der Waals surface area contributed by atoms with Crippen LogP contribution in [0.3, 0.4) is 0 Å². The number of hydrogen-bond donors (Lipinski definition) is 2. The molecule has 0 radical (unpaired) electrons. The second-order valence-corrected chi connectivity index (χ2v) is 4.37. The van der Waals surface area contributed by atoms with Crippen molar-refractivity contribution >= 4 is 11.7 Å². The van der Waals surface area contributed by atoms with Crippen LogP contribution in [0.2, 0.25) is 0 Å². The maximum absolute atomic E-state index is 12.0. The Bertz CT molecular complexity index is 404. The summed E-state index contributed by atoms with van der Waals surface area (Å²) in [4.78, 5) is 21.5. The zero-order valence-electron chi connectivity index (χ0n) is 9.71. The number of nitrogens with two attached hydrogens (primary N) is 1. The first-order valence-corrected chi connectivity index (χ1v) is 5.63. The molecule has 6 heteroatoms. The van der Waals surface area contributed by atoms with Crippen LogP contribution in [-0.2, 0) is 0 Å². The monoisotopic (exact) mass is 236 g/mol. The van der Waals surface area contributed by atoms with E-state index in [0.29, 0.717) is 24.6 Å². The minimum atomic E-state index is -0.384. The number of hydrogen-bond acceptors (Lipinski definition) is 5. The normalized spacial score (nSPS) is 21.5. The largest absolute Gasteiger partial charge is 0.393 e. The topological polar surface area (TPSA) is 92.3 Å². The molecule has 2 heterocycles. The summed E-state index contributed by atoms with van der Waals surface area (Å²) in [6, 6.07) is 0. The van der Waals surface area contributed by atoms with Crippen molar-refractivity contribution in [2.45, 2.75) is 19.4 Å². The number of aliphatic hydroxyl groups excluding tert-OH is 1. The van der Waals surface area contributed by atoms with Crippen molar-refractivity contribution in [3.8, 4) is 0 Å². The van der Waals surface area contributed by atoms with Crippen molar-refractivity contribution in [3.05, 3.63) is 18.1 Å². The molecule has 0 saturated carbocycles. The van der Waals surface area contributed by atoms with Gasteiger partial charge in [-0.3, -0.25) is 4.79 Å². The lowest BCUT2D eigenvalue weighted by atomic mass is 10.0. The molecule has 0 aromatic carbocycles. The second-order valence-electron chi connectivity index (χ2n) is 4.37. The molecule has 92 valence electrons. The molecule has 0 aliphatic carbocycles. The lowest BCUT2D eigenvalue weighted by Crippen LogP contribution is -2.31. The highest BCUT2D eigenvalue weighted by Crippen LogP contribution is 2.20. The SMILES string of the molecule is CC(O)C1CCN(C(=O)c2cnc(N)cn2)C1. The second kappa shape index (κ2) is 4.67. The number of likely N-dealkylation sites (tertiary alicyclic amines) is 1. The van der Waals surface area contributed by atoms with Crippen LogP contribution in [0.4, 0.5) is 5.82 Å². The van der Waals surface area contributed by atoms with Gasteiger partial charge in [0.15, 0.2) is 0 Å². The van der Waals surface area contributed by atoms with Gasteiger partial charge in [0.25, 0.3) is 5.91 Å². The van der Waals surface area contributed by atoms with Gasteiger partial charge in [-0.2, -0.15) is 0 Å². The molecule has 1 aliphatic rings. The van der Waals surface area contributed by atoms with Gasteiger partial charge in [-0.15, -0.1) is 0 Å². The molecule has 3 N–H and O–H groups in total. The molecule has 17 heavy (non-hydrogen) atoms. The zero-order chi connectivity index (χ0) is 12.4. The average Bonchev–Trinajstić information content (AvgIpc) is 2.78. The van der Waals surface area contributed by atoms with E-state index in [0.717, 1.165) is 6.42 Å². The lowest BCUT2D eigenvalue weighted by Gasteiger charge is -2.17. The third-order valence-corrected chi connectivity index (χ3v) is 3.09. The molecule has 1 aromatic heterocycles. The summed E-state index contributed by atoms with van der Waals surface area (Å²) in [7, 11) is 0. The molecule has 1 aliphatic heterocycles. The van der Waals surface area contributed by atoms with Crippen LogP contribution < -0.4 is 5.73 Å². The van der Waals surface area contributed by atoms with Crippen LogP contribution >= 0.6 is 0 Å². The summed E-state index contributed by atoms with van der Waals surface area (Å²) in [6.45, 7) is 2.98. The molecule has 1 fully saturated rings.